The molecular weight excluding hydrogens is 609 g/mol. The predicted molar refractivity (Wildman–Crippen MR) is 205 cm³/mol. The molecule has 0 radical (unpaired) electrons. The second-order valence-electron chi connectivity index (χ2n) is 12.7. The van der Waals surface area contributed by atoms with Gasteiger partial charge in [0, 0.05) is 23.2 Å². The molecule has 236 valence electrons. The molecule has 4 nitrogen and oxygen atoms in total. The Kier molecular flexibility index (Phi) is 7.60. The van der Waals surface area contributed by atoms with Crippen molar-refractivity contribution in [2.24, 2.45) is 0 Å². The summed E-state index contributed by atoms with van der Waals surface area (Å²) in [6, 6.07) is 50.9. The Bertz CT molecular complexity index is 2500. The predicted octanol–water partition coefficient (Wildman–Crippen LogP) is 11.5. The van der Waals surface area contributed by atoms with Gasteiger partial charge in [0.05, 0.1) is 0 Å². The van der Waals surface area contributed by atoms with Crippen molar-refractivity contribution in [3.8, 4) is 56.5 Å². The summed E-state index contributed by atoms with van der Waals surface area (Å²) in [5.74, 6) is 2.07. The van der Waals surface area contributed by atoms with Crippen molar-refractivity contribution in [3.63, 3.8) is 0 Å². The minimum absolute atomic E-state index is 0.312. The number of nitrogens with zero attached hydrogens (tertiary/aromatic N) is 4. The molecular formula is C46H32N4. The summed E-state index contributed by atoms with van der Waals surface area (Å²) in [7, 11) is 0. The normalized spacial score (nSPS) is 14.0. The maximum absolute atomic E-state index is 5.25. The van der Waals surface area contributed by atoms with Gasteiger partial charge in [-0.05, 0) is 86.1 Å². The molecule has 2 heterocycles. The zero-order valence-electron chi connectivity index (χ0n) is 27.3. The van der Waals surface area contributed by atoms with Crippen molar-refractivity contribution in [1.82, 2.24) is 19.9 Å². The Hall–Kier alpha value is -6.52. The lowest BCUT2D eigenvalue weighted by atomic mass is 9.94. The Morgan fingerprint density at radius 3 is 1.76 bits per heavy atom. The summed E-state index contributed by atoms with van der Waals surface area (Å²) in [5, 5.41) is 4.60. The van der Waals surface area contributed by atoms with Crippen LogP contribution in [0.5, 0.6) is 0 Å². The number of fused-ring (bicyclic) bond motifs is 3. The highest BCUT2D eigenvalue weighted by Gasteiger charge is 2.18. The van der Waals surface area contributed by atoms with Crippen molar-refractivity contribution in [1.29, 1.82) is 0 Å². The average molecular weight is 641 g/mol. The monoisotopic (exact) mass is 640 g/mol. The molecule has 1 unspecified atom stereocenters. The second-order valence-corrected chi connectivity index (χ2v) is 12.7. The lowest BCUT2D eigenvalue weighted by molar-refractivity contribution is 0.846. The van der Waals surface area contributed by atoms with E-state index >= 15 is 0 Å². The van der Waals surface area contributed by atoms with Crippen LogP contribution in [0, 0.1) is 0 Å². The van der Waals surface area contributed by atoms with Crippen molar-refractivity contribution in [2.75, 3.05) is 0 Å². The van der Waals surface area contributed by atoms with Gasteiger partial charge < -0.3 is 0 Å². The van der Waals surface area contributed by atoms with Crippen LogP contribution >= 0.6 is 0 Å². The van der Waals surface area contributed by atoms with Crippen LogP contribution in [0.3, 0.4) is 0 Å². The van der Waals surface area contributed by atoms with Gasteiger partial charge in [-0.2, -0.15) is 0 Å². The maximum Gasteiger partial charge on any atom is 0.182 e. The molecule has 0 aliphatic heterocycles. The van der Waals surface area contributed by atoms with Crippen LogP contribution in [0.2, 0.25) is 0 Å². The summed E-state index contributed by atoms with van der Waals surface area (Å²) in [6.45, 7) is 0. The van der Waals surface area contributed by atoms with Gasteiger partial charge in [-0.3, -0.25) is 4.98 Å². The lowest BCUT2D eigenvalue weighted by Crippen LogP contribution is -2.03. The SMILES string of the molecule is C1=CCC(c2ccc(-c3nc(-c4cc(-c5ccccc5)cc(-c5ccccc5)c4)nc(-c4cc5ccccc5c5ccccc45)n3)nc2)C=C1. The Morgan fingerprint density at radius 2 is 1.08 bits per heavy atom. The molecule has 0 amide bonds. The van der Waals surface area contributed by atoms with Gasteiger partial charge in [-0.15, -0.1) is 0 Å². The van der Waals surface area contributed by atoms with Crippen LogP contribution < -0.4 is 0 Å². The molecule has 1 atom stereocenters. The number of allylic oxidation sites excluding steroid dienone is 4. The largest absolute Gasteiger partial charge is 0.253 e. The molecule has 2 aromatic heterocycles. The van der Waals surface area contributed by atoms with Crippen LogP contribution in [-0.4, -0.2) is 19.9 Å². The first-order valence-corrected chi connectivity index (χ1v) is 17.0. The number of hydrogen-bond donors (Lipinski definition) is 0. The smallest absolute Gasteiger partial charge is 0.182 e. The molecule has 4 heteroatoms. The Balaban J connectivity index is 1.27. The highest BCUT2D eigenvalue weighted by atomic mass is 15.0. The fraction of sp³-hybridized carbons (Fsp3) is 0.0435. The maximum atomic E-state index is 5.25. The first kappa shape index (κ1) is 29.6. The third kappa shape index (κ3) is 5.67. The molecule has 0 saturated heterocycles. The minimum atomic E-state index is 0.312. The van der Waals surface area contributed by atoms with Gasteiger partial charge in [-0.25, -0.2) is 15.0 Å². The van der Waals surface area contributed by atoms with Crippen LogP contribution in [0.4, 0.5) is 0 Å². The van der Waals surface area contributed by atoms with Crippen molar-refractivity contribution in [2.45, 2.75) is 12.3 Å². The topological polar surface area (TPSA) is 51.6 Å². The number of hydrogen-bond acceptors (Lipinski definition) is 4. The third-order valence-electron chi connectivity index (χ3n) is 9.47. The van der Waals surface area contributed by atoms with E-state index in [1.165, 1.54) is 16.3 Å². The summed E-state index contributed by atoms with van der Waals surface area (Å²) >= 11 is 0. The molecule has 0 N–H and O–H groups in total. The molecule has 8 aromatic rings. The average Bonchev–Trinajstić information content (AvgIpc) is 3.21. The highest BCUT2D eigenvalue weighted by Crippen LogP contribution is 2.37. The highest BCUT2D eigenvalue weighted by molar-refractivity contribution is 6.13. The van der Waals surface area contributed by atoms with Gasteiger partial charge in [0.25, 0.3) is 0 Å². The van der Waals surface area contributed by atoms with Crippen LogP contribution in [0.15, 0.2) is 176 Å². The molecule has 0 fully saturated rings. The molecule has 0 spiro atoms. The van der Waals surface area contributed by atoms with Gasteiger partial charge in [0.2, 0.25) is 0 Å². The van der Waals surface area contributed by atoms with Gasteiger partial charge in [0.15, 0.2) is 17.5 Å². The van der Waals surface area contributed by atoms with E-state index in [4.69, 9.17) is 19.9 Å². The zero-order chi connectivity index (χ0) is 33.3. The third-order valence-corrected chi connectivity index (χ3v) is 9.47. The fourth-order valence-electron chi connectivity index (χ4n) is 6.92. The fourth-order valence-corrected chi connectivity index (χ4v) is 6.92. The molecule has 9 rings (SSSR count). The molecule has 1 aliphatic carbocycles. The first-order chi connectivity index (χ1) is 24.8. The first-order valence-electron chi connectivity index (χ1n) is 17.0. The summed E-state index contributed by atoms with van der Waals surface area (Å²) < 4.78 is 0. The van der Waals surface area contributed by atoms with Crippen LogP contribution in [0.1, 0.15) is 17.9 Å². The Labute approximate surface area is 291 Å². The summed E-state index contributed by atoms with van der Waals surface area (Å²) in [4.78, 5) is 20.5. The van der Waals surface area contributed by atoms with Gasteiger partial charge >= 0.3 is 0 Å². The van der Waals surface area contributed by atoms with E-state index in [9.17, 15) is 0 Å². The van der Waals surface area contributed by atoms with Crippen molar-refractivity contribution >= 4 is 21.5 Å². The van der Waals surface area contributed by atoms with Crippen LogP contribution in [0.25, 0.3) is 78.1 Å². The van der Waals surface area contributed by atoms with E-state index in [1.54, 1.807) is 0 Å². The van der Waals surface area contributed by atoms with Gasteiger partial charge in [-0.1, -0.05) is 140 Å². The van der Waals surface area contributed by atoms with E-state index in [2.05, 4.69) is 152 Å². The number of aromatic nitrogens is 4. The van der Waals surface area contributed by atoms with Crippen LogP contribution in [-0.2, 0) is 0 Å². The molecule has 0 saturated carbocycles. The number of benzene rings is 6. The minimum Gasteiger partial charge on any atom is -0.253 e. The quantitative estimate of drug-likeness (QED) is 0.170. The van der Waals surface area contributed by atoms with E-state index in [-0.39, 0.29) is 0 Å². The molecule has 50 heavy (non-hydrogen) atoms. The van der Waals surface area contributed by atoms with E-state index in [0.29, 0.717) is 29.1 Å². The lowest BCUT2D eigenvalue weighted by Gasteiger charge is -2.15. The van der Waals surface area contributed by atoms with Crippen molar-refractivity contribution < 1.29 is 0 Å². The standard InChI is InChI=1S/C46H32N4/c1-4-14-31(15-5-1)35-24-25-43(47-30-35)46-49-44(38-27-36(32-16-6-2-7-17-32)26-37(28-38)33-18-8-3-9-19-33)48-45(50-46)42-29-34-20-10-11-21-39(34)40-22-12-13-23-41(40)42/h1-14,16-31H,15H2. The number of rotatable bonds is 6. The molecule has 1 aliphatic rings. The van der Waals surface area contributed by atoms with E-state index in [0.717, 1.165) is 50.6 Å². The molecule has 6 aromatic carbocycles. The second kappa shape index (κ2) is 12.8. The number of pyridine rings is 1. The molecule has 0 bridgehead atoms. The van der Waals surface area contributed by atoms with Gasteiger partial charge in [0.1, 0.15) is 5.69 Å². The summed E-state index contributed by atoms with van der Waals surface area (Å²) in [5.41, 5.74) is 8.21. The Morgan fingerprint density at radius 1 is 0.460 bits per heavy atom. The van der Waals surface area contributed by atoms with E-state index < -0.39 is 0 Å². The summed E-state index contributed by atoms with van der Waals surface area (Å²) in [6.07, 6.45) is 11.6. The van der Waals surface area contributed by atoms with Crippen molar-refractivity contribution in [3.05, 3.63) is 182 Å². The zero-order valence-corrected chi connectivity index (χ0v) is 27.3. The van der Waals surface area contributed by atoms with E-state index in [1.807, 2.05) is 24.4 Å².